The number of methoxy groups -OCH3 is 1. The maximum Gasteiger partial charge on any atom is 0.407 e. The second-order valence-electron chi connectivity index (χ2n) is 9.75. The SMILES string of the molecule is COC1CC(C(=O)O)N(C(=O)CC2(NC(=O)OCC3c4ccccc4-c4ccccc43)CCC2)C1. The van der Waals surface area contributed by atoms with Crippen LogP contribution < -0.4 is 5.32 Å². The van der Waals surface area contributed by atoms with Gasteiger partial charge in [0.2, 0.25) is 5.91 Å². The number of hydrogen-bond donors (Lipinski definition) is 2. The average Bonchev–Trinajstić information content (AvgIpc) is 3.41. The molecule has 35 heavy (non-hydrogen) atoms. The molecule has 2 N–H and O–H groups in total. The lowest BCUT2D eigenvalue weighted by molar-refractivity contribution is -0.149. The number of ether oxygens (including phenoxy) is 2. The molecule has 2 atom stereocenters. The number of carboxylic acid groups (broad SMARTS) is 1. The van der Waals surface area contributed by atoms with Crippen molar-refractivity contribution in [3.05, 3.63) is 59.7 Å². The van der Waals surface area contributed by atoms with Crippen LogP contribution in [0.2, 0.25) is 0 Å². The lowest BCUT2D eigenvalue weighted by atomic mass is 9.74. The fourth-order valence-electron chi connectivity index (χ4n) is 5.67. The third-order valence-electron chi connectivity index (χ3n) is 7.71. The number of alkyl carbamates (subject to hydrolysis) is 1. The number of nitrogens with zero attached hydrogens (tertiary/aromatic N) is 1. The van der Waals surface area contributed by atoms with E-state index in [1.807, 2.05) is 24.3 Å². The lowest BCUT2D eigenvalue weighted by Crippen LogP contribution is -2.57. The number of benzene rings is 2. The van der Waals surface area contributed by atoms with Crippen molar-refractivity contribution in [2.75, 3.05) is 20.3 Å². The molecule has 0 bridgehead atoms. The molecule has 0 spiro atoms. The zero-order valence-corrected chi connectivity index (χ0v) is 19.7. The molecule has 1 saturated carbocycles. The summed E-state index contributed by atoms with van der Waals surface area (Å²) in [7, 11) is 1.52. The molecule has 3 aliphatic rings. The lowest BCUT2D eigenvalue weighted by Gasteiger charge is -2.42. The molecule has 2 fully saturated rings. The van der Waals surface area contributed by atoms with E-state index in [0.29, 0.717) is 12.8 Å². The van der Waals surface area contributed by atoms with Crippen LogP contribution in [0.1, 0.15) is 49.1 Å². The Morgan fingerprint density at radius 2 is 1.69 bits per heavy atom. The van der Waals surface area contributed by atoms with Gasteiger partial charge in [-0.25, -0.2) is 9.59 Å². The standard InChI is InChI=1S/C27H30N2O6/c1-34-17-13-23(25(31)32)29(15-17)24(30)14-27(11-6-12-27)28-26(33)35-16-22-20-9-4-2-7-18(20)19-8-3-5-10-21(19)22/h2-5,7-10,17,22-23H,6,11-16H2,1H3,(H,28,33)(H,31,32). The Bertz CT molecular complexity index is 1100. The maximum atomic E-state index is 13.1. The summed E-state index contributed by atoms with van der Waals surface area (Å²) in [6.07, 6.45) is 1.67. The van der Waals surface area contributed by atoms with E-state index in [2.05, 4.69) is 29.6 Å². The highest BCUT2D eigenvalue weighted by atomic mass is 16.5. The van der Waals surface area contributed by atoms with Crippen LogP contribution in [0.4, 0.5) is 4.79 Å². The minimum absolute atomic E-state index is 0.0426. The number of likely N-dealkylation sites (tertiary alicyclic amines) is 1. The number of rotatable bonds is 7. The fraction of sp³-hybridized carbons (Fsp3) is 0.444. The second-order valence-corrected chi connectivity index (χ2v) is 9.75. The van der Waals surface area contributed by atoms with Gasteiger partial charge >= 0.3 is 12.1 Å². The van der Waals surface area contributed by atoms with Gasteiger partial charge in [-0.15, -0.1) is 0 Å². The summed E-state index contributed by atoms with van der Waals surface area (Å²) in [5.41, 5.74) is 3.89. The smallest absolute Gasteiger partial charge is 0.407 e. The Balaban J connectivity index is 1.23. The van der Waals surface area contributed by atoms with E-state index < -0.39 is 23.6 Å². The van der Waals surface area contributed by atoms with Gasteiger partial charge in [-0.05, 0) is 41.5 Å². The van der Waals surface area contributed by atoms with E-state index in [0.717, 1.165) is 28.7 Å². The van der Waals surface area contributed by atoms with Gasteiger partial charge in [-0.1, -0.05) is 48.5 Å². The molecule has 2 aromatic rings. The zero-order chi connectivity index (χ0) is 24.6. The van der Waals surface area contributed by atoms with Crippen molar-refractivity contribution in [1.82, 2.24) is 10.2 Å². The molecule has 2 amide bonds. The van der Waals surface area contributed by atoms with E-state index in [1.165, 1.54) is 12.0 Å². The van der Waals surface area contributed by atoms with Crippen LogP contribution in [-0.2, 0) is 19.1 Å². The van der Waals surface area contributed by atoms with Gasteiger partial charge in [-0.2, -0.15) is 0 Å². The topological polar surface area (TPSA) is 105 Å². The molecule has 0 aromatic heterocycles. The molecule has 1 aliphatic heterocycles. The molecule has 2 aliphatic carbocycles. The molecule has 2 aromatic carbocycles. The summed E-state index contributed by atoms with van der Waals surface area (Å²) < 4.78 is 11.0. The Hall–Kier alpha value is -3.39. The Morgan fingerprint density at radius 3 is 2.23 bits per heavy atom. The van der Waals surface area contributed by atoms with E-state index >= 15 is 0 Å². The number of amides is 2. The average molecular weight is 479 g/mol. The largest absolute Gasteiger partial charge is 0.480 e. The van der Waals surface area contributed by atoms with E-state index in [9.17, 15) is 19.5 Å². The van der Waals surface area contributed by atoms with Crippen LogP contribution in [0.5, 0.6) is 0 Å². The highest BCUT2D eigenvalue weighted by Crippen LogP contribution is 2.44. The minimum Gasteiger partial charge on any atom is -0.480 e. The minimum atomic E-state index is -1.04. The zero-order valence-electron chi connectivity index (χ0n) is 19.7. The quantitative estimate of drug-likeness (QED) is 0.631. The summed E-state index contributed by atoms with van der Waals surface area (Å²) in [4.78, 5) is 38.9. The number of hydrogen-bond acceptors (Lipinski definition) is 5. The fourth-order valence-corrected chi connectivity index (χ4v) is 5.67. The van der Waals surface area contributed by atoms with E-state index in [-0.39, 0.29) is 43.9 Å². The van der Waals surface area contributed by atoms with Crippen LogP contribution in [0.25, 0.3) is 11.1 Å². The number of aliphatic carboxylic acids is 1. The molecule has 5 rings (SSSR count). The molecule has 184 valence electrons. The highest BCUT2D eigenvalue weighted by molar-refractivity contribution is 5.86. The first-order valence-electron chi connectivity index (χ1n) is 12.1. The molecular weight excluding hydrogens is 448 g/mol. The first-order chi connectivity index (χ1) is 16.9. The number of fused-ring (bicyclic) bond motifs is 3. The van der Waals surface area contributed by atoms with Crippen LogP contribution >= 0.6 is 0 Å². The van der Waals surface area contributed by atoms with Crippen LogP contribution in [0.3, 0.4) is 0 Å². The van der Waals surface area contributed by atoms with Gasteiger partial charge in [0.25, 0.3) is 0 Å². The Labute approximate surface area is 204 Å². The monoisotopic (exact) mass is 478 g/mol. The van der Waals surface area contributed by atoms with Gasteiger partial charge in [0.1, 0.15) is 12.6 Å². The predicted octanol–water partition coefficient (Wildman–Crippen LogP) is 3.54. The van der Waals surface area contributed by atoms with Crippen LogP contribution in [-0.4, -0.2) is 65.9 Å². The van der Waals surface area contributed by atoms with Gasteiger partial charge < -0.3 is 24.8 Å². The summed E-state index contributed by atoms with van der Waals surface area (Å²) >= 11 is 0. The number of carbonyl (C=O) groups excluding carboxylic acids is 2. The molecule has 8 heteroatoms. The Morgan fingerprint density at radius 1 is 1.06 bits per heavy atom. The molecule has 8 nitrogen and oxygen atoms in total. The first-order valence-corrected chi connectivity index (χ1v) is 12.1. The van der Waals surface area contributed by atoms with Crippen LogP contribution in [0.15, 0.2) is 48.5 Å². The maximum absolute atomic E-state index is 13.1. The third-order valence-corrected chi connectivity index (χ3v) is 7.71. The van der Waals surface area contributed by atoms with Crippen molar-refractivity contribution in [2.24, 2.45) is 0 Å². The number of nitrogens with one attached hydrogen (secondary N) is 1. The van der Waals surface area contributed by atoms with Gasteiger partial charge in [-0.3, -0.25) is 4.79 Å². The van der Waals surface area contributed by atoms with Gasteiger partial charge in [0.15, 0.2) is 0 Å². The van der Waals surface area contributed by atoms with Crippen molar-refractivity contribution < 1.29 is 29.0 Å². The van der Waals surface area contributed by atoms with Gasteiger partial charge in [0, 0.05) is 26.0 Å². The van der Waals surface area contributed by atoms with Crippen LogP contribution in [0, 0.1) is 0 Å². The number of carboxylic acids is 1. The Kier molecular flexibility index (Phi) is 6.23. The van der Waals surface area contributed by atoms with Crippen molar-refractivity contribution >= 4 is 18.0 Å². The summed E-state index contributed by atoms with van der Waals surface area (Å²) in [6, 6.07) is 15.4. The van der Waals surface area contributed by atoms with Gasteiger partial charge in [0.05, 0.1) is 18.1 Å². The second kappa shape index (κ2) is 9.34. The molecule has 1 saturated heterocycles. The molecular formula is C27H30N2O6. The first kappa shape index (κ1) is 23.4. The molecule has 0 radical (unpaired) electrons. The summed E-state index contributed by atoms with van der Waals surface area (Å²) in [5, 5.41) is 12.5. The third kappa shape index (κ3) is 4.38. The van der Waals surface area contributed by atoms with Crippen molar-refractivity contribution in [2.45, 2.75) is 55.7 Å². The highest BCUT2D eigenvalue weighted by Gasteiger charge is 2.46. The molecule has 1 heterocycles. The predicted molar refractivity (Wildman–Crippen MR) is 128 cm³/mol. The van der Waals surface area contributed by atoms with E-state index in [4.69, 9.17) is 9.47 Å². The summed E-state index contributed by atoms with van der Waals surface area (Å²) in [5.74, 6) is -1.36. The molecule has 2 unspecified atom stereocenters. The number of carbonyl (C=O) groups is 3. The normalized spacial score (nSPS) is 22.1. The van der Waals surface area contributed by atoms with Crippen molar-refractivity contribution in [1.29, 1.82) is 0 Å². The van der Waals surface area contributed by atoms with Crippen molar-refractivity contribution in [3.8, 4) is 11.1 Å². The van der Waals surface area contributed by atoms with Crippen molar-refractivity contribution in [3.63, 3.8) is 0 Å². The van der Waals surface area contributed by atoms with E-state index in [1.54, 1.807) is 0 Å². The summed E-state index contributed by atoms with van der Waals surface area (Å²) in [6.45, 7) is 0.444.